The summed E-state index contributed by atoms with van der Waals surface area (Å²) in [7, 11) is 0. The van der Waals surface area contributed by atoms with Gasteiger partial charge in [-0.3, -0.25) is 9.59 Å². The molecule has 2 aliphatic rings. The van der Waals surface area contributed by atoms with Crippen molar-refractivity contribution < 1.29 is 9.59 Å². The SMILES string of the molecule is O=C1NC(=Cc2ccccc2)C(=O)N2CCC[C@@H]12. The number of hydrogen-bond acceptors (Lipinski definition) is 2. The summed E-state index contributed by atoms with van der Waals surface area (Å²) in [5, 5.41) is 2.72. The first-order chi connectivity index (χ1) is 8.75. The maximum Gasteiger partial charge on any atom is 0.271 e. The predicted molar refractivity (Wildman–Crippen MR) is 67.3 cm³/mol. The molecule has 92 valence electrons. The van der Waals surface area contributed by atoms with E-state index in [-0.39, 0.29) is 17.9 Å². The highest BCUT2D eigenvalue weighted by atomic mass is 16.2. The lowest BCUT2D eigenvalue weighted by molar-refractivity contribution is -0.140. The Morgan fingerprint density at radius 3 is 2.78 bits per heavy atom. The van der Waals surface area contributed by atoms with E-state index in [1.807, 2.05) is 30.3 Å². The van der Waals surface area contributed by atoms with Crippen molar-refractivity contribution in [3.63, 3.8) is 0 Å². The highest BCUT2D eigenvalue weighted by Gasteiger charge is 2.40. The highest BCUT2D eigenvalue weighted by molar-refractivity contribution is 6.07. The number of piperazine rings is 1. The lowest BCUT2D eigenvalue weighted by Gasteiger charge is -2.30. The number of nitrogens with zero attached hydrogens (tertiary/aromatic N) is 1. The first kappa shape index (κ1) is 11.0. The van der Waals surface area contributed by atoms with Gasteiger partial charge in [0, 0.05) is 6.54 Å². The van der Waals surface area contributed by atoms with Crippen LogP contribution in [0.5, 0.6) is 0 Å². The van der Waals surface area contributed by atoms with E-state index in [0.29, 0.717) is 12.2 Å². The van der Waals surface area contributed by atoms with Crippen LogP contribution >= 0.6 is 0 Å². The molecule has 1 N–H and O–H groups in total. The van der Waals surface area contributed by atoms with Crippen LogP contribution in [0.25, 0.3) is 6.08 Å². The zero-order valence-corrected chi connectivity index (χ0v) is 9.93. The molecule has 3 rings (SSSR count). The third-order valence-corrected chi connectivity index (χ3v) is 3.42. The van der Waals surface area contributed by atoms with Gasteiger partial charge in [-0.15, -0.1) is 0 Å². The molecule has 1 aromatic rings. The van der Waals surface area contributed by atoms with E-state index in [1.54, 1.807) is 11.0 Å². The minimum atomic E-state index is -0.259. The molecule has 0 aliphatic carbocycles. The molecule has 2 saturated heterocycles. The fourth-order valence-electron chi connectivity index (χ4n) is 2.52. The summed E-state index contributed by atoms with van der Waals surface area (Å²) in [5.74, 6) is -0.129. The molecule has 1 atom stereocenters. The normalized spacial score (nSPS) is 25.2. The van der Waals surface area contributed by atoms with Crippen molar-refractivity contribution in [1.29, 1.82) is 0 Å². The first-order valence-corrected chi connectivity index (χ1v) is 6.14. The Hall–Kier alpha value is -2.10. The largest absolute Gasteiger partial charge is 0.325 e. The van der Waals surface area contributed by atoms with Gasteiger partial charge in [0.25, 0.3) is 5.91 Å². The van der Waals surface area contributed by atoms with E-state index < -0.39 is 0 Å². The molecule has 1 aromatic carbocycles. The Kier molecular flexibility index (Phi) is 2.63. The van der Waals surface area contributed by atoms with Crippen molar-refractivity contribution in [2.24, 2.45) is 0 Å². The number of amides is 2. The molecule has 0 unspecified atom stereocenters. The van der Waals surface area contributed by atoms with Gasteiger partial charge in [-0.25, -0.2) is 0 Å². The molecule has 0 saturated carbocycles. The summed E-state index contributed by atoms with van der Waals surface area (Å²) in [6.07, 6.45) is 3.41. The molecule has 0 radical (unpaired) electrons. The first-order valence-electron chi connectivity index (χ1n) is 6.14. The van der Waals surface area contributed by atoms with E-state index in [1.165, 1.54) is 0 Å². The Morgan fingerprint density at radius 1 is 1.22 bits per heavy atom. The van der Waals surface area contributed by atoms with Gasteiger partial charge >= 0.3 is 0 Å². The summed E-state index contributed by atoms with van der Waals surface area (Å²) < 4.78 is 0. The van der Waals surface area contributed by atoms with E-state index in [4.69, 9.17) is 0 Å². The minimum Gasteiger partial charge on any atom is -0.325 e. The zero-order chi connectivity index (χ0) is 12.5. The summed E-state index contributed by atoms with van der Waals surface area (Å²) >= 11 is 0. The monoisotopic (exact) mass is 242 g/mol. The summed E-state index contributed by atoms with van der Waals surface area (Å²) in [6.45, 7) is 0.684. The Labute approximate surface area is 105 Å². The van der Waals surface area contributed by atoms with Crippen LogP contribution in [0.3, 0.4) is 0 Å². The van der Waals surface area contributed by atoms with Gasteiger partial charge in [0.2, 0.25) is 5.91 Å². The summed E-state index contributed by atoms with van der Waals surface area (Å²) in [5.41, 5.74) is 1.29. The van der Waals surface area contributed by atoms with Crippen LogP contribution in [-0.2, 0) is 9.59 Å². The second-order valence-corrected chi connectivity index (χ2v) is 4.61. The molecule has 0 aromatic heterocycles. The predicted octanol–water partition coefficient (Wildman–Crippen LogP) is 1.15. The average molecular weight is 242 g/mol. The molecule has 2 amide bonds. The topological polar surface area (TPSA) is 49.4 Å². The maximum atomic E-state index is 12.2. The summed E-state index contributed by atoms with van der Waals surface area (Å²) in [4.78, 5) is 25.8. The van der Waals surface area contributed by atoms with Gasteiger partial charge < -0.3 is 10.2 Å². The van der Waals surface area contributed by atoms with Crippen LogP contribution in [0, 0.1) is 0 Å². The molecule has 0 bridgehead atoms. The van der Waals surface area contributed by atoms with Crippen LogP contribution in [0.15, 0.2) is 36.0 Å². The number of benzene rings is 1. The number of fused-ring (bicyclic) bond motifs is 1. The Morgan fingerprint density at radius 2 is 2.00 bits per heavy atom. The van der Waals surface area contributed by atoms with Crippen molar-refractivity contribution in [1.82, 2.24) is 10.2 Å². The molecular formula is C14H14N2O2. The van der Waals surface area contributed by atoms with E-state index in [0.717, 1.165) is 18.4 Å². The van der Waals surface area contributed by atoms with Crippen molar-refractivity contribution in [2.45, 2.75) is 18.9 Å². The molecule has 2 fully saturated rings. The molecular weight excluding hydrogens is 228 g/mol. The third-order valence-electron chi connectivity index (χ3n) is 3.42. The fourth-order valence-corrected chi connectivity index (χ4v) is 2.52. The lowest BCUT2D eigenvalue weighted by Crippen LogP contribution is -2.53. The van der Waals surface area contributed by atoms with Crippen LogP contribution in [0.1, 0.15) is 18.4 Å². The second-order valence-electron chi connectivity index (χ2n) is 4.61. The number of hydrogen-bond donors (Lipinski definition) is 1. The molecule has 4 heteroatoms. The van der Waals surface area contributed by atoms with Gasteiger partial charge in [-0.05, 0) is 24.5 Å². The lowest BCUT2D eigenvalue weighted by atomic mass is 10.1. The van der Waals surface area contributed by atoms with Crippen LogP contribution in [0.2, 0.25) is 0 Å². The van der Waals surface area contributed by atoms with E-state index >= 15 is 0 Å². The second kappa shape index (κ2) is 4.29. The Bertz CT molecular complexity index is 522. The summed E-state index contributed by atoms with van der Waals surface area (Å²) in [6, 6.07) is 9.27. The molecule has 0 spiro atoms. The van der Waals surface area contributed by atoms with Crippen molar-refractivity contribution in [3.05, 3.63) is 41.6 Å². The molecule has 18 heavy (non-hydrogen) atoms. The van der Waals surface area contributed by atoms with Gasteiger partial charge in [-0.2, -0.15) is 0 Å². The number of carbonyl (C=O) groups is 2. The quantitative estimate of drug-likeness (QED) is 0.751. The standard InChI is InChI=1S/C14H14N2O2/c17-13-12-7-4-8-16(12)14(18)11(15-13)9-10-5-2-1-3-6-10/h1-3,5-6,9,12H,4,7-8H2,(H,15,17)/t12-/m0/s1. The van der Waals surface area contributed by atoms with E-state index in [2.05, 4.69) is 5.32 Å². The zero-order valence-electron chi connectivity index (χ0n) is 9.93. The highest BCUT2D eigenvalue weighted by Crippen LogP contribution is 2.24. The van der Waals surface area contributed by atoms with Gasteiger partial charge in [0.1, 0.15) is 11.7 Å². The fraction of sp³-hybridized carbons (Fsp3) is 0.286. The average Bonchev–Trinajstić information content (AvgIpc) is 2.87. The van der Waals surface area contributed by atoms with E-state index in [9.17, 15) is 9.59 Å². The number of rotatable bonds is 1. The Balaban J connectivity index is 1.91. The number of carbonyl (C=O) groups excluding carboxylic acids is 2. The third kappa shape index (κ3) is 1.79. The number of nitrogens with one attached hydrogen (secondary N) is 1. The van der Waals surface area contributed by atoms with Crippen LogP contribution in [0.4, 0.5) is 0 Å². The van der Waals surface area contributed by atoms with Crippen molar-refractivity contribution >= 4 is 17.9 Å². The molecule has 2 aliphatic heterocycles. The van der Waals surface area contributed by atoms with Crippen LogP contribution < -0.4 is 5.32 Å². The molecule has 4 nitrogen and oxygen atoms in total. The van der Waals surface area contributed by atoms with Crippen molar-refractivity contribution in [3.8, 4) is 0 Å². The van der Waals surface area contributed by atoms with Crippen molar-refractivity contribution in [2.75, 3.05) is 6.54 Å². The molecule has 2 heterocycles. The van der Waals surface area contributed by atoms with Gasteiger partial charge in [0.05, 0.1) is 0 Å². The van der Waals surface area contributed by atoms with Gasteiger partial charge in [-0.1, -0.05) is 30.3 Å². The minimum absolute atomic E-state index is 0.0609. The maximum absolute atomic E-state index is 12.2. The van der Waals surface area contributed by atoms with Gasteiger partial charge in [0.15, 0.2) is 0 Å². The van der Waals surface area contributed by atoms with Crippen LogP contribution in [-0.4, -0.2) is 29.3 Å². The smallest absolute Gasteiger partial charge is 0.271 e.